The molecule has 0 aromatic heterocycles. The smallest absolute Gasteiger partial charge is 0.314 e. The van der Waals surface area contributed by atoms with Crippen molar-refractivity contribution in [3.63, 3.8) is 0 Å². The summed E-state index contributed by atoms with van der Waals surface area (Å²) in [5.41, 5.74) is 0. The van der Waals surface area contributed by atoms with E-state index in [0.29, 0.717) is 12.4 Å². The van der Waals surface area contributed by atoms with Crippen LogP contribution < -0.4 is 0 Å². The van der Waals surface area contributed by atoms with Gasteiger partial charge in [0.2, 0.25) is 0 Å². The van der Waals surface area contributed by atoms with Gasteiger partial charge < -0.3 is 9.84 Å². The Morgan fingerprint density at radius 2 is 2.50 bits per heavy atom. The Kier molecular flexibility index (Phi) is 2.74. The molecule has 0 aromatic rings. The van der Waals surface area contributed by atoms with Gasteiger partial charge in [0.15, 0.2) is 0 Å². The van der Waals surface area contributed by atoms with Gasteiger partial charge in [-0.2, -0.15) is 0 Å². The monoisotopic (exact) mass is 170 g/mol. The molecule has 1 fully saturated rings. The van der Waals surface area contributed by atoms with Crippen LogP contribution >= 0.6 is 0 Å². The SMILES string of the molecule is C=C1OC[C@H](CCC)C1C(=O)O. The molecule has 0 spiro atoms. The van der Waals surface area contributed by atoms with Crippen LogP contribution in [0.2, 0.25) is 0 Å². The molecular weight excluding hydrogens is 156 g/mol. The third kappa shape index (κ3) is 1.60. The highest BCUT2D eigenvalue weighted by Crippen LogP contribution is 2.32. The summed E-state index contributed by atoms with van der Waals surface area (Å²) in [4.78, 5) is 10.8. The van der Waals surface area contributed by atoms with Gasteiger partial charge in [-0.15, -0.1) is 0 Å². The lowest BCUT2D eigenvalue weighted by atomic mass is 9.90. The Morgan fingerprint density at radius 3 is 3.00 bits per heavy atom. The van der Waals surface area contributed by atoms with Gasteiger partial charge in [0.1, 0.15) is 11.7 Å². The Labute approximate surface area is 72.0 Å². The highest BCUT2D eigenvalue weighted by Gasteiger charge is 2.37. The highest BCUT2D eigenvalue weighted by molar-refractivity contribution is 5.73. The average Bonchev–Trinajstić information content (AvgIpc) is 2.32. The molecule has 1 heterocycles. The van der Waals surface area contributed by atoms with E-state index in [-0.39, 0.29) is 5.92 Å². The molecule has 3 nitrogen and oxygen atoms in total. The van der Waals surface area contributed by atoms with E-state index in [9.17, 15) is 4.79 Å². The Hall–Kier alpha value is -0.990. The molecule has 0 aliphatic carbocycles. The predicted molar refractivity (Wildman–Crippen MR) is 44.6 cm³/mol. The number of ether oxygens (including phenoxy) is 1. The first-order valence-corrected chi connectivity index (χ1v) is 4.21. The van der Waals surface area contributed by atoms with Crippen molar-refractivity contribution in [1.82, 2.24) is 0 Å². The van der Waals surface area contributed by atoms with Crippen LogP contribution in [0.25, 0.3) is 0 Å². The summed E-state index contributed by atoms with van der Waals surface area (Å²) in [7, 11) is 0. The molecule has 0 bridgehead atoms. The Balaban J connectivity index is 2.63. The van der Waals surface area contributed by atoms with Crippen LogP contribution in [-0.4, -0.2) is 17.7 Å². The van der Waals surface area contributed by atoms with E-state index in [1.54, 1.807) is 0 Å². The van der Waals surface area contributed by atoms with Crippen LogP contribution in [0.1, 0.15) is 19.8 Å². The summed E-state index contributed by atoms with van der Waals surface area (Å²) in [6, 6.07) is 0. The molecule has 0 aromatic carbocycles. The first-order chi connectivity index (χ1) is 5.66. The number of rotatable bonds is 3. The maximum absolute atomic E-state index is 10.8. The number of carboxylic acid groups (broad SMARTS) is 1. The van der Waals surface area contributed by atoms with Gasteiger partial charge in [0, 0.05) is 5.92 Å². The average molecular weight is 170 g/mol. The zero-order chi connectivity index (χ0) is 9.14. The van der Waals surface area contributed by atoms with Gasteiger partial charge in [0.25, 0.3) is 0 Å². The topological polar surface area (TPSA) is 46.5 Å². The maximum atomic E-state index is 10.8. The van der Waals surface area contributed by atoms with Crippen LogP contribution in [0.3, 0.4) is 0 Å². The molecule has 3 heteroatoms. The van der Waals surface area contributed by atoms with Crippen molar-refractivity contribution < 1.29 is 14.6 Å². The molecule has 1 N–H and O–H groups in total. The predicted octanol–water partition coefficient (Wildman–Crippen LogP) is 1.65. The minimum absolute atomic E-state index is 0.125. The van der Waals surface area contributed by atoms with Crippen molar-refractivity contribution in [2.45, 2.75) is 19.8 Å². The van der Waals surface area contributed by atoms with Crippen molar-refractivity contribution in [2.75, 3.05) is 6.61 Å². The largest absolute Gasteiger partial charge is 0.497 e. The van der Waals surface area contributed by atoms with E-state index in [1.165, 1.54) is 0 Å². The second kappa shape index (κ2) is 3.61. The van der Waals surface area contributed by atoms with Gasteiger partial charge in [-0.1, -0.05) is 19.9 Å². The summed E-state index contributed by atoms with van der Waals surface area (Å²) in [5.74, 6) is -0.748. The van der Waals surface area contributed by atoms with Crippen LogP contribution in [-0.2, 0) is 9.53 Å². The molecule has 1 rings (SSSR count). The molecule has 0 saturated carbocycles. The van der Waals surface area contributed by atoms with E-state index >= 15 is 0 Å². The molecule has 68 valence electrons. The van der Waals surface area contributed by atoms with Gasteiger partial charge in [-0.3, -0.25) is 4.79 Å². The van der Waals surface area contributed by atoms with E-state index < -0.39 is 11.9 Å². The molecular formula is C9H14O3. The molecule has 0 radical (unpaired) electrons. The lowest BCUT2D eigenvalue weighted by molar-refractivity contribution is -0.141. The molecule has 1 aliphatic rings. The normalized spacial score (nSPS) is 28.6. The van der Waals surface area contributed by atoms with Gasteiger partial charge in [-0.25, -0.2) is 0 Å². The van der Waals surface area contributed by atoms with Crippen molar-refractivity contribution in [2.24, 2.45) is 11.8 Å². The third-order valence-corrected chi connectivity index (χ3v) is 2.23. The van der Waals surface area contributed by atoms with Crippen LogP contribution in [0.5, 0.6) is 0 Å². The summed E-state index contributed by atoms with van der Waals surface area (Å²) in [5, 5.41) is 8.84. The maximum Gasteiger partial charge on any atom is 0.314 e. The fraction of sp³-hybridized carbons (Fsp3) is 0.667. The fourth-order valence-electron chi connectivity index (χ4n) is 1.62. The molecule has 1 saturated heterocycles. The summed E-state index contributed by atoms with van der Waals surface area (Å²) < 4.78 is 5.12. The van der Waals surface area contributed by atoms with Crippen LogP contribution in [0.4, 0.5) is 0 Å². The first kappa shape index (κ1) is 9.10. The Bertz CT molecular complexity index is 198. The fourth-order valence-corrected chi connectivity index (χ4v) is 1.62. The second-order valence-corrected chi connectivity index (χ2v) is 3.14. The number of carbonyl (C=O) groups is 1. The molecule has 12 heavy (non-hydrogen) atoms. The van der Waals surface area contributed by atoms with Crippen LogP contribution in [0, 0.1) is 11.8 Å². The summed E-state index contributed by atoms with van der Waals surface area (Å²) in [6.45, 7) is 6.15. The molecule has 0 amide bonds. The van der Waals surface area contributed by atoms with Crippen molar-refractivity contribution >= 4 is 5.97 Å². The molecule has 1 aliphatic heterocycles. The number of aliphatic carboxylic acids is 1. The first-order valence-electron chi connectivity index (χ1n) is 4.21. The van der Waals surface area contributed by atoms with Crippen molar-refractivity contribution in [1.29, 1.82) is 0 Å². The third-order valence-electron chi connectivity index (χ3n) is 2.23. The lowest BCUT2D eigenvalue weighted by Gasteiger charge is -2.10. The lowest BCUT2D eigenvalue weighted by Crippen LogP contribution is -2.20. The van der Waals surface area contributed by atoms with E-state index in [4.69, 9.17) is 9.84 Å². The standard InChI is InChI=1S/C9H14O3/c1-3-4-7-5-12-6(2)8(7)9(10)11/h7-8H,2-5H2,1H3,(H,10,11)/t7-,8?/m0/s1. The molecule has 2 atom stereocenters. The minimum Gasteiger partial charge on any atom is -0.497 e. The second-order valence-electron chi connectivity index (χ2n) is 3.14. The van der Waals surface area contributed by atoms with Crippen molar-refractivity contribution in [3.05, 3.63) is 12.3 Å². The zero-order valence-corrected chi connectivity index (χ0v) is 7.25. The summed E-state index contributed by atoms with van der Waals surface area (Å²) >= 11 is 0. The van der Waals surface area contributed by atoms with Crippen molar-refractivity contribution in [3.8, 4) is 0 Å². The van der Waals surface area contributed by atoms with Gasteiger partial charge >= 0.3 is 5.97 Å². The number of carboxylic acids is 1. The quantitative estimate of drug-likeness (QED) is 0.700. The number of hydrogen-bond donors (Lipinski definition) is 1. The van der Waals surface area contributed by atoms with E-state index in [1.807, 2.05) is 6.92 Å². The Morgan fingerprint density at radius 1 is 1.83 bits per heavy atom. The molecule has 1 unspecified atom stereocenters. The van der Waals surface area contributed by atoms with E-state index in [0.717, 1.165) is 12.8 Å². The van der Waals surface area contributed by atoms with E-state index in [2.05, 4.69) is 6.58 Å². The van der Waals surface area contributed by atoms with Crippen LogP contribution in [0.15, 0.2) is 12.3 Å². The highest BCUT2D eigenvalue weighted by atomic mass is 16.5. The number of hydrogen-bond acceptors (Lipinski definition) is 2. The summed E-state index contributed by atoms with van der Waals surface area (Å²) in [6.07, 6.45) is 1.89. The van der Waals surface area contributed by atoms with Gasteiger partial charge in [-0.05, 0) is 6.42 Å². The zero-order valence-electron chi connectivity index (χ0n) is 7.25. The minimum atomic E-state index is -0.809. The van der Waals surface area contributed by atoms with Gasteiger partial charge in [0.05, 0.1) is 6.61 Å².